The number of hydrogen-bond acceptors (Lipinski definition) is 1. The van der Waals surface area contributed by atoms with Crippen molar-refractivity contribution in [1.82, 2.24) is 4.90 Å². The third kappa shape index (κ3) is 2.98. The molecule has 0 saturated carbocycles. The van der Waals surface area contributed by atoms with Gasteiger partial charge in [0.15, 0.2) is 0 Å². The molecule has 24 heavy (non-hydrogen) atoms. The average Bonchev–Trinajstić information content (AvgIpc) is 2.56. The third-order valence-corrected chi connectivity index (χ3v) is 4.81. The van der Waals surface area contributed by atoms with Gasteiger partial charge in [-0.25, -0.2) is 9.18 Å². The summed E-state index contributed by atoms with van der Waals surface area (Å²) >= 11 is 6.11. The lowest BCUT2D eigenvalue weighted by Gasteiger charge is -2.45. The van der Waals surface area contributed by atoms with Gasteiger partial charge < -0.3 is 4.90 Å². The first-order valence-corrected chi connectivity index (χ1v) is 8.39. The van der Waals surface area contributed by atoms with Crippen LogP contribution in [0.4, 0.5) is 14.9 Å². The van der Waals surface area contributed by atoms with Crippen molar-refractivity contribution in [3.8, 4) is 0 Å². The number of carbonyl (C=O) groups excluding carboxylic acids is 1. The second kappa shape index (κ2) is 6.44. The SMILES string of the molecule is CC(C)(c1cccc(Cl)c1)N1CCCN(c2ccccc2F)C1=O. The van der Waals surface area contributed by atoms with Gasteiger partial charge in [-0.1, -0.05) is 35.9 Å². The van der Waals surface area contributed by atoms with E-state index in [1.807, 2.05) is 38.1 Å². The van der Waals surface area contributed by atoms with Crippen molar-refractivity contribution >= 4 is 23.3 Å². The van der Waals surface area contributed by atoms with Crippen LogP contribution < -0.4 is 4.90 Å². The summed E-state index contributed by atoms with van der Waals surface area (Å²) < 4.78 is 14.1. The Balaban J connectivity index is 1.94. The van der Waals surface area contributed by atoms with Crippen LogP contribution >= 0.6 is 11.6 Å². The molecule has 2 aromatic rings. The maximum absolute atomic E-state index is 14.1. The monoisotopic (exact) mass is 346 g/mol. The number of anilines is 1. The third-order valence-electron chi connectivity index (χ3n) is 4.57. The summed E-state index contributed by atoms with van der Waals surface area (Å²) in [4.78, 5) is 16.3. The molecule has 0 spiro atoms. The Morgan fingerprint density at radius 3 is 2.54 bits per heavy atom. The highest BCUT2D eigenvalue weighted by molar-refractivity contribution is 6.30. The topological polar surface area (TPSA) is 23.6 Å². The Labute approximate surface area is 146 Å². The Morgan fingerprint density at radius 1 is 1.08 bits per heavy atom. The predicted octanol–water partition coefficient (Wildman–Crippen LogP) is 5.05. The molecule has 0 bridgehead atoms. The second-order valence-electron chi connectivity index (χ2n) is 6.46. The van der Waals surface area contributed by atoms with E-state index in [2.05, 4.69) is 0 Å². The van der Waals surface area contributed by atoms with Gasteiger partial charge in [-0.15, -0.1) is 0 Å². The molecule has 5 heteroatoms. The highest BCUT2D eigenvalue weighted by atomic mass is 35.5. The number of carbonyl (C=O) groups is 1. The molecular formula is C19H20ClFN2O. The zero-order valence-corrected chi connectivity index (χ0v) is 14.6. The lowest BCUT2D eigenvalue weighted by molar-refractivity contribution is 0.129. The van der Waals surface area contributed by atoms with Gasteiger partial charge >= 0.3 is 6.03 Å². The fourth-order valence-corrected chi connectivity index (χ4v) is 3.35. The summed E-state index contributed by atoms with van der Waals surface area (Å²) in [7, 11) is 0. The number of rotatable bonds is 3. The summed E-state index contributed by atoms with van der Waals surface area (Å²) in [5, 5.41) is 0.635. The Bertz CT molecular complexity index is 763. The largest absolute Gasteiger partial charge is 0.325 e. The number of nitrogens with zero attached hydrogens (tertiary/aromatic N) is 2. The average molecular weight is 347 g/mol. The summed E-state index contributed by atoms with van der Waals surface area (Å²) in [6, 6.07) is 13.7. The molecule has 126 valence electrons. The van der Waals surface area contributed by atoms with E-state index >= 15 is 0 Å². The standard InChI is InChI=1S/C19H20ClFN2O/c1-19(2,14-7-5-8-15(20)13-14)23-12-6-11-22(18(23)24)17-10-4-3-9-16(17)21/h3-5,7-10,13H,6,11-12H2,1-2H3. The number of hydrogen-bond donors (Lipinski definition) is 0. The Morgan fingerprint density at radius 2 is 1.83 bits per heavy atom. The van der Waals surface area contributed by atoms with Crippen molar-refractivity contribution < 1.29 is 9.18 Å². The van der Waals surface area contributed by atoms with Crippen LogP contribution in [0.5, 0.6) is 0 Å². The highest BCUT2D eigenvalue weighted by Gasteiger charge is 2.38. The van der Waals surface area contributed by atoms with Crippen molar-refractivity contribution in [2.24, 2.45) is 0 Å². The highest BCUT2D eigenvalue weighted by Crippen LogP contribution is 2.34. The number of halogens is 2. The lowest BCUT2D eigenvalue weighted by Crippen LogP contribution is -2.56. The van der Waals surface area contributed by atoms with Crippen molar-refractivity contribution in [1.29, 1.82) is 0 Å². The van der Waals surface area contributed by atoms with E-state index in [-0.39, 0.29) is 11.8 Å². The van der Waals surface area contributed by atoms with Crippen LogP contribution in [0.1, 0.15) is 25.8 Å². The molecule has 1 aliphatic rings. The molecule has 1 fully saturated rings. The number of amides is 2. The first-order chi connectivity index (χ1) is 11.4. The van der Waals surface area contributed by atoms with Gasteiger partial charge in [-0.05, 0) is 50.1 Å². The molecule has 0 aliphatic carbocycles. The van der Waals surface area contributed by atoms with Crippen LogP contribution in [-0.2, 0) is 5.54 Å². The normalized spacial score (nSPS) is 15.8. The van der Waals surface area contributed by atoms with E-state index in [0.717, 1.165) is 12.0 Å². The summed E-state index contributed by atoms with van der Waals surface area (Å²) in [6.07, 6.45) is 0.782. The van der Waals surface area contributed by atoms with Gasteiger partial charge in [-0.3, -0.25) is 4.90 Å². The predicted molar refractivity (Wildman–Crippen MR) is 94.9 cm³/mol. The first-order valence-electron chi connectivity index (χ1n) is 8.01. The van der Waals surface area contributed by atoms with Crippen LogP contribution in [0.15, 0.2) is 48.5 Å². The van der Waals surface area contributed by atoms with Crippen molar-refractivity contribution in [3.63, 3.8) is 0 Å². The molecule has 1 saturated heterocycles. The van der Waals surface area contributed by atoms with Crippen molar-refractivity contribution in [2.75, 3.05) is 18.0 Å². The summed E-state index contributed by atoms with van der Waals surface area (Å²) in [6.45, 7) is 5.12. The minimum atomic E-state index is -0.536. The summed E-state index contributed by atoms with van der Waals surface area (Å²) in [5.74, 6) is -0.381. The van der Waals surface area contributed by atoms with Crippen LogP contribution in [0, 0.1) is 5.82 Å². The minimum Gasteiger partial charge on any atom is -0.315 e. The molecule has 0 N–H and O–H groups in total. The number of urea groups is 1. The van der Waals surface area contributed by atoms with Gasteiger partial charge in [-0.2, -0.15) is 0 Å². The number of benzene rings is 2. The number of para-hydroxylation sites is 1. The molecule has 3 nitrogen and oxygen atoms in total. The van der Waals surface area contributed by atoms with Crippen LogP contribution in [0.3, 0.4) is 0 Å². The Hall–Kier alpha value is -2.07. The molecule has 2 aromatic carbocycles. The van der Waals surface area contributed by atoms with E-state index < -0.39 is 5.54 Å². The van der Waals surface area contributed by atoms with Crippen LogP contribution in [0.2, 0.25) is 5.02 Å². The second-order valence-corrected chi connectivity index (χ2v) is 6.90. The molecule has 3 rings (SSSR count). The van der Waals surface area contributed by atoms with Crippen LogP contribution in [0.25, 0.3) is 0 Å². The fraction of sp³-hybridized carbons (Fsp3) is 0.316. The van der Waals surface area contributed by atoms with Gasteiger partial charge in [0, 0.05) is 18.1 Å². The van der Waals surface area contributed by atoms with Gasteiger partial charge in [0.2, 0.25) is 0 Å². The maximum Gasteiger partial charge on any atom is 0.325 e. The van der Waals surface area contributed by atoms with Gasteiger partial charge in [0.05, 0.1) is 11.2 Å². The molecule has 0 aromatic heterocycles. The van der Waals surface area contributed by atoms with Crippen molar-refractivity contribution in [3.05, 3.63) is 64.9 Å². The smallest absolute Gasteiger partial charge is 0.315 e. The van der Waals surface area contributed by atoms with E-state index in [1.54, 1.807) is 23.1 Å². The zero-order valence-electron chi connectivity index (χ0n) is 13.8. The minimum absolute atomic E-state index is 0.184. The molecule has 0 radical (unpaired) electrons. The quantitative estimate of drug-likeness (QED) is 0.763. The molecule has 2 amide bonds. The van der Waals surface area contributed by atoms with Gasteiger partial charge in [0.25, 0.3) is 0 Å². The zero-order chi connectivity index (χ0) is 17.3. The first kappa shape index (κ1) is 16.8. The molecule has 0 unspecified atom stereocenters. The van der Waals surface area contributed by atoms with Gasteiger partial charge in [0.1, 0.15) is 5.82 Å². The van der Waals surface area contributed by atoms with Crippen LogP contribution in [-0.4, -0.2) is 24.0 Å². The molecule has 1 aliphatic heterocycles. The molecule has 0 atom stereocenters. The van der Waals surface area contributed by atoms with E-state index in [1.165, 1.54) is 11.0 Å². The van der Waals surface area contributed by atoms with E-state index in [0.29, 0.717) is 23.8 Å². The lowest BCUT2D eigenvalue weighted by atomic mass is 9.91. The summed E-state index contributed by atoms with van der Waals surface area (Å²) in [5.41, 5.74) is 0.749. The fourth-order valence-electron chi connectivity index (χ4n) is 3.16. The van der Waals surface area contributed by atoms with E-state index in [4.69, 9.17) is 11.6 Å². The molecular weight excluding hydrogens is 327 g/mol. The molecule has 1 heterocycles. The van der Waals surface area contributed by atoms with Crippen molar-refractivity contribution in [2.45, 2.75) is 25.8 Å². The Kier molecular flexibility index (Phi) is 4.50. The van der Waals surface area contributed by atoms with E-state index in [9.17, 15) is 9.18 Å². The maximum atomic E-state index is 14.1.